The number of esters is 1. The van der Waals surface area contributed by atoms with Gasteiger partial charge in [0.05, 0.1) is 0 Å². The second-order valence-corrected chi connectivity index (χ2v) is 6.04. The third-order valence-corrected chi connectivity index (χ3v) is 4.56. The van der Waals surface area contributed by atoms with Crippen molar-refractivity contribution in [2.45, 2.75) is 72.3 Å². The van der Waals surface area contributed by atoms with E-state index in [9.17, 15) is 4.79 Å². The highest BCUT2D eigenvalue weighted by atomic mass is 16.6. The molecule has 2 heteroatoms. The molecule has 0 bridgehead atoms. The van der Waals surface area contributed by atoms with Gasteiger partial charge in [0.2, 0.25) is 0 Å². The second-order valence-electron chi connectivity index (χ2n) is 6.04. The van der Waals surface area contributed by atoms with E-state index < -0.39 is 0 Å². The van der Waals surface area contributed by atoms with E-state index in [-0.39, 0.29) is 11.6 Å². The SMILES string of the molecule is CCC1CC(C)CC(C(C)(CC)OC(C)=O)C1. The van der Waals surface area contributed by atoms with E-state index in [4.69, 9.17) is 4.74 Å². The van der Waals surface area contributed by atoms with Crippen molar-refractivity contribution in [3.8, 4) is 0 Å². The molecule has 2 nitrogen and oxygen atoms in total. The van der Waals surface area contributed by atoms with Gasteiger partial charge < -0.3 is 4.74 Å². The third kappa shape index (κ3) is 3.72. The summed E-state index contributed by atoms with van der Waals surface area (Å²) in [6.45, 7) is 10.4. The lowest BCUT2D eigenvalue weighted by Crippen LogP contribution is -2.42. The molecular formula is C15H28O2. The fourth-order valence-corrected chi connectivity index (χ4v) is 3.35. The summed E-state index contributed by atoms with van der Waals surface area (Å²) in [6.07, 6.45) is 5.93. The van der Waals surface area contributed by atoms with Gasteiger partial charge in [0.1, 0.15) is 5.60 Å². The zero-order valence-corrected chi connectivity index (χ0v) is 12.1. The lowest BCUT2D eigenvalue weighted by Gasteiger charge is -2.43. The summed E-state index contributed by atoms with van der Waals surface area (Å²) >= 11 is 0. The van der Waals surface area contributed by atoms with Gasteiger partial charge in [-0.05, 0) is 50.4 Å². The van der Waals surface area contributed by atoms with Gasteiger partial charge in [-0.1, -0.05) is 27.2 Å². The van der Waals surface area contributed by atoms with Crippen LogP contribution >= 0.6 is 0 Å². The summed E-state index contributed by atoms with van der Waals surface area (Å²) in [7, 11) is 0. The summed E-state index contributed by atoms with van der Waals surface area (Å²) in [4.78, 5) is 11.3. The van der Waals surface area contributed by atoms with Crippen LogP contribution in [-0.4, -0.2) is 11.6 Å². The van der Waals surface area contributed by atoms with Gasteiger partial charge >= 0.3 is 5.97 Å². The van der Waals surface area contributed by atoms with Crippen molar-refractivity contribution >= 4 is 5.97 Å². The fraction of sp³-hybridized carbons (Fsp3) is 0.933. The molecule has 0 radical (unpaired) electrons. The van der Waals surface area contributed by atoms with Crippen LogP contribution < -0.4 is 0 Å². The minimum atomic E-state index is -0.256. The summed E-state index contributed by atoms with van der Waals surface area (Å²) in [5.41, 5.74) is -0.256. The van der Waals surface area contributed by atoms with E-state index in [1.165, 1.54) is 32.6 Å². The van der Waals surface area contributed by atoms with Crippen LogP contribution in [0.25, 0.3) is 0 Å². The maximum absolute atomic E-state index is 11.3. The van der Waals surface area contributed by atoms with Crippen LogP contribution in [0.3, 0.4) is 0 Å². The molecule has 100 valence electrons. The molecule has 0 aliphatic heterocycles. The average molecular weight is 240 g/mol. The maximum Gasteiger partial charge on any atom is 0.303 e. The van der Waals surface area contributed by atoms with Gasteiger partial charge in [0.15, 0.2) is 0 Å². The second kappa shape index (κ2) is 5.88. The predicted octanol–water partition coefficient (Wildman–Crippen LogP) is 4.18. The standard InChI is InChI=1S/C15H28O2/c1-6-13-8-11(3)9-14(10-13)15(5,7-2)17-12(4)16/h11,13-14H,6-10H2,1-5H3. The van der Waals surface area contributed by atoms with E-state index in [1.54, 1.807) is 0 Å². The van der Waals surface area contributed by atoms with Gasteiger partial charge in [-0.3, -0.25) is 4.79 Å². The van der Waals surface area contributed by atoms with Crippen molar-refractivity contribution in [1.29, 1.82) is 0 Å². The number of ether oxygens (including phenoxy) is 1. The highest BCUT2D eigenvalue weighted by molar-refractivity contribution is 5.66. The highest BCUT2D eigenvalue weighted by Crippen LogP contribution is 2.42. The van der Waals surface area contributed by atoms with E-state index in [0.29, 0.717) is 5.92 Å². The zero-order chi connectivity index (χ0) is 13.1. The summed E-state index contributed by atoms with van der Waals surface area (Å²) in [6, 6.07) is 0. The molecule has 0 N–H and O–H groups in total. The number of hydrogen-bond acceptors (Lipinski definition) is 2. The van der Waals surface area contributed by atoms with Crippen LogP contribution in [0.15, 0.2) is 0 Å². The Bertz CT molecular complexity index is 262. The third-order valence-electron chi connectivity index (χ3n) is 4.56. The minimum Gasteiger partial charge on any atom is -0.459 e. The Morgan fingerprint density at radius 2 is 1.94 bits per heavy atom. The monoisotopic (exact) mass is 240 g/mol. The first-order chi connectivity index (χ1) is 7.91. The smallest absolute Gasteiger partial charge is 0.303 e. The minimum absolute atomic E-state index is 0.138. The van der Waals surface area contributed by atoms with E-state index in [2.05, 4.69) is 27.7 Å². The van der Waals surface area contributed by atoms with Crippen molar-refractivity contribution in [2.75, 3.05) is 0 Å². The predicted molar refractivity (Wildman–Crippen MR) is 70.7 cm³/mol. The van der Waals surface area contributed by atoms with Crippen LogP contribution in [-0.2, 0) is 9.53 Å². The summed E-state index contributed by atoms with van der Waals surface area (Å²) < 4.78 is 5.63. The first kappa shape index (κ1) is 14.5. The normalized spacial score (nSPS) is 32.9. The van der Waals surface area contributed by atoms with Crippen LogP contribution in [0.4, 0.5) is 0 Å². The Hall–Kier alpha value is -0.530. The van der Waals surface area contributed by atoms with Crippen molar-refractivity contribution in [3.05, 3.63) is 0 Å². The topological polar surface area (TPSA) is 26.3 Å². The molecule has 4 atom stereocenters. The van der Waals surface area contributed by atoms with Crippen LogP contribution in [0.5, 0.6) is 0 Å². The molecule has 1 saturated carbocycles. The molecule has 1 fully saturated rings. The molecule has 17 heavy (non-hydrogen) atoms. The molecule has 0 spiro atoms. The number of rotatable bonds is 4. The maximum atomic E-state index is 11.3. The first-order valence-electron chi connectivity index (χ1n) is 7.10. The Balaban J connectivity index is 2.76. The Labute approximate surface area is 106 Å². The molecule has 4 unspecified atom stereocenters. The largest absolute Gasteiger partial charge is 0.459 e. The molecule has 1 aliphatic carbocycles. The van der Waals surface area contributed by atoms with Gasteiger partial charge in [-0.2, -0.15) is 0 Å². The number of carbonyl (C=O) groups excluding carboxylic acids is 1. The number of carbonyl (C=O) groups is 1. The van der Waals surface area contributed by atoms with E-state index >= 15 is 0 Å². The van der Waals surface area contributed by atoms with Gasteiger partial charge in [-0.15, -0.1) is 0 Å². The molecule has 0 saturated heterocycles. The zero-order valence-electron chi connectivity index (χ0n) is 12.1. The Morgan fingerprint density at radius 1 is 1.29 bits per heavy atom. The molecule has 0 aromatic rings. The number of hydrogen-bond donors (Lipinski definition) is 0. The first-order valence-corrected chi connectivity index (χ1v) is 7.10. The van der Waals surface area contributed by atoms with Crippen LogP contribution in [0.1, 0.15) is 66.7 Å². The van der Waals surface area contributed by atoms with Gasteiger partial charge in [0.25, 0.3) is 0 Å². The highest BCUT2D eigenvalue weighted by Gasteiger charge is 2.40. The Kier molecular flexibility index (Phi) is 5.03. The lowest BCUT2D eigenvalue weighted by molar-refractivity contribution is -0.164. The van der Waals surface area contributed by atoms with Crippen LogP contribution in [0.2, 0.25) is 0 Å². The quantitative estimate of drug-likeness (QED) is 0.689. The Morgan fingerprint density at radius 3 is 2.41 bits per heavy atom. The molecule has 0 aromatic carbocycles. The van der Waals surface area contributed by atoms with E-state index in [1.807, 2.05) is 0 Å². The lowest BCUT2D eigenvalue weighted by atomic mass is 9.68. The van der Waals surface area contributed by atoms with Crippen molar-refractivity contribution in [3.63, 3.8) is 0 Å². The molecular weight excluding hydrogens is 212 g/mol. The summed E-state index contributed by atoms with van der Waals surface area (Å²) in [5.74, 6) is 1.97. The fourth-order valence-electron chi connectivity index (χ4n) is 3.35. The van der Waals surface area contributed by atoms with Gasteiger partial charge in [0, 0.05) is 6.92 Å². The van der Waals surface area contributed by atoms with Crippen molar-refractivity contribution in [2.24, 2.45) is 17.8 Å². The van der Waals surface area contributed by atoms with Crippen molar-refractivity contribution in [1.82, 2.24) is 0 Å². The summed E-state index contributed by atoms with van der Waals surface area (Å²) in [5, 5.41) is 0. The average Bonchev–Trinajstić information content (AvgIpc) is 2.27. The van der Waals surface area contributed by atoms with E-state index in [0.717, 1.165) is 18.3 Å². The van der Waals surface area contributed by atoms with Crippen LogP contribution in [0, 0.1) is 17.8 Å². The molecule has 1 rings (SSSR count). The molecule has 0 amide bonds. The molecule has 0 aromatic heterocycles. The van der Waals surface area contributed by atoms with Gasteiger partial charge in [-0.25, -0.2) is 0 Å². The molecule has 0 heterocycles. The molecule has 1 aliphatic rings. The van der Waals surface area contributed by atoms with Crippen molar-refractivity contribution < 1.29 is 9.53 Å².